The third-order valence-corrected chi connectivity index (χ3v) is 3.35. The number of hydrogen-bond acceptors (Lipinski definition) is 4. The second-order valence-electron chi connectivity index (χ2n) is 5.05. The number of ether oxygens (including phenoxy) is 2. The third-order valence-electron chi connectivity index (χ3n) is 3.35. The van der Waals surface area contributed by atoms with E-state index in [2.05, 4.69) is 5.32 Å². The van der Waals surface area contributed by atoms with Crippen LogP contribution in [0.15, 0.2) is 30.3 Å². The lowest BCUT2D eigenvalue weighted by Crippen LogP contribution is -2.41. The topological polar surface area (TPSA) is 84.9 Å². The number of hydrogen-bond donors (Lipinski definition) is 2. The van der Waals surface area contributed by atoms with Gasteiger partial charge in [-0.05, 0) is 24.3 Å². The molecule has 1 aromatic carbocycles. The molecule has 0 aromatic heterocycles. The minimum Gasteiger partial charge on any atom is -0.481 e. The van der Waals surface area contributed by atoms with Crippen molar-refractivity contribution in [3.63, 3.8) is 0 Å². The van der Waals surface area contributed by atoms with Crippen LogP contribution in [0.2, 0.25) is 0 Å². The number of rotatable bonds is 5. The highest BCUT2D eigenvalue weighted by Gasteiger charge is 2.25. The van der Waals surface area contributed by atoms with E-state index in [1.807, 2.05) is 30.3 Å². The Morgan fingerprint density at radius 2 is 2.10 bits per heavy atom. The van der Waals surface area contributed by atoms with E-state index in [0.717, 1.165) is 5.56 Å². The molecule has 114 valence electrons. The van der Waals surface area contributed by atoms with E-state index < -0.39 is 18.3 Å². The predicted octanol–water partition coefficient (Wildman–Crippen LogP) is 2.14. The lowest BCUT2D eigenvalue weighted by Gasteiger charge is -2.28. The summed E-state index contributed by atoms with van der Waals surface area (Å²) in [6.07, 6.45) is 0.253. The van der Waals surface area contributed by atoms with Gasteiger partial charge >= 0.3 is 12.1 Å². The van der Waals surface area contributed by atoms with Crippen LogP contribution in [0.1, 0.15) is 24.8 Å². The quantitative estimate of drug-likeness (QED) is 0.868. The molecule has 21 heavy (non-hydrogen) atoms. The molecule has 0 saturated carbocycles. The molecule has 1 unspecified atom stereocenters. The second-order valence-corrected chi connectivity index (χ2v) is 5.05. The zero-order valence-corrected chi connectivity index (χ0v) is 11.7. The number of amides is 1. The van der Waals surface area contributed by atoms with Crippen LogP contribution >= 0.6 is 0 Å². The van der Waals surface area contributed by atoms with Crippen LogP contribution in [-0.4, -0.2) is 30.0 Å². The predicted molar refractivity (Wildman–Crippen MR) is 74.5 cm³/mol. The van der Waals surface area contributed by atoms with Gasteiger partial charge in [-0.25, -0.2) is 4.79 Å². The van der Waals surface area contributed by atoms with Gasteiger partial charge in [-0.2, -0.15) is 0 Å². The number of carboxylic acids is 1. The lowest BCUT2D eigenvalue weighted by atomic mass is 9.95. The maximum absolute atomic E-state index is 11.7. The van der Waals surface area contributed by atoms with Gasteiger partial charge < -0.3 is 14.6 Å². The van der Waals surface area contributed by atoms with Crippen LogP contribution in [0.25, 0.3) is 0 Å². The first kappa shape index (κ1) is 15.3. The number of carboxylic acid groups (broad SMARTS) is 1. The summed E-state index contributed by atoms with van der Waals surface area (Å²) in [4.78, 5) is 22.4. The highest BCUT2D eigenvalue weighted by atomic mass is 16.6. The summed E-state index contributed by atoms with van der Waals surface area (Å²) in [6, 6.07) is 9.37. The number of carbonyl (C=O) groups is 2. The number of carbonyl (C=O) groups excluding carboxylic acids is 1. The number of benzene rings is 1. The van der Waals surface area contributed by atoms with Crippen molar-refractivity contribution in [2.24, 2.45) is 5.92 Å². The van der Waals surface area contributed by atoms with E-state index in [4.69, 9.17) is 14.6 Å². The fourth-order valence-corrected chi connectivity index (χ4v) is 2.29. The van der Waals surface area contributed by atoms with Crippen molar-refractivity contribution in [1.29, 1.82) is 0 Å². The maximum Gasteiger partial charge on any atom is 0.409 e. The van der Waals surface area contributed by atoms with Gasteiger partial charge in [-0.15, -0.1) is 0 Å². The van der Waals surface area contributed by atoms with Crippen LogP contribution in [0.4, 0.5) is 4.79 Å². The Kier molecular flexibility index (Phi) is 5.57. The van der Waals surface area contributed by atoms with Crippen LogP contribution in [-0.2, 0) is 20.9 Å². The minimum atomic E-state index is -0.827. The van der Waals surface area contributed by atoms with E-state index in [1.54, 1.807) is 0 Å². The Morgan fingerprint density at radius 3 is 2.81 bits per heavy atom. The number of nitrogens with one attached hydrogen (secondary N) is 1. The first-order chi connectivity index (χ1) is 10.1. The lowest BCUT2D eigenvalue weighted by molar-refractivity contribution is -0.139. The molecule has 1 heterocycles. The molecular formula is C15H19NO5. The average molecular weight is 293 g/mol. The monoisotopic (exact) mass is 293 g/mol. The molecule has 1 saturated heterocycles. The summed E-state index contributed by atoms with van der Waals surface area (Å²) in [5.74, 6) is -0.803. The van der Waals surface area contributed by atoms with Crippen molar-refractivity contribution >= 4 is 12.1 Å². The van der Waals surface area contributed by atoms with Gasteiger partial charge in [0, 0.05) is 13.0 Å². The third kappa shape index (κ3) is 5.43. The van der Waals surface area contributed by atoms with Gasteiger partial charge in [0.1, 0.15) is 12.8 Å². The van der Waals surface area contributed by atoms with Gasteiger partial charge in [-0.1, -0.05) is 30.3 Å². The Bertz CT molecular complexity index is 476. The summed E-state index contributed by atoms with van der Waals surface area (Å²) in [5.41, 5.74) is 0.904. The largest absolute Gasteiger partial charge is 0.481 e. The average Bonchev–Trinajstić information content (AvgIpc) is 2.46. The molecule has 0 aliphatic carbocycles. The highest BCUT2D eigenvalue weighted by Crippen LogP contribution is 2.22. The molecule has 0 spiro atoms. The van der Waals surface area contributed by atoms with Crippen molar-refractivity contribution in [3.8, 4) is 0 Å². The summed E-state index contributed by atoms with van der Waals surface area (Å²) in [6.45, 7) is 0.638. The zero-order chi connectivity index (χ0) is 15.1. The summed E-state index contributed by atoms with van der Waals surface area (Å²) < 4.78 is 10.5. The van der Waals surface area contributed by atoms with Gasteiger partial charge in [0.15, 0.2) is 0 Å². The molecule has 0 radical (unpaired) electrons. The van der Waals surface area contributed by atoms with Gasteiger partial charge in [-0.3, -0.25) is 10.1 Å². The molecule has 2 atom stereocenters. The first-order valence-corrected chi connectivity index (χ1v) is 6.94. The van der Waals surface area contributed by atoms with Crippen molar-refractivity contribution in [2.45, 2.75) is 32.1 Å². The van der Waals surface area contributed by atoms with Crippen LogP contribution in [0, 0.1) is 5.92 Å². The van der Waals surface area contributed by atoms with Crippen molar-refractivity contribution in [2.75, 3.05) is 6.61 Å². The Hall–Kier alpha value is -2.08. The van der Waals surface area contributed by atoms with Gasteiger partial charge in [0.05, 0.1) is 0 Å². The molecule has 1 aromatic rings. The Labute approximate surface area is 123 Å². The number of aliphatic carboxylic acids is 1. The van der Waals surface area contributed by atoms with Gasteiger partial charge in [0.2, 0.25) is 0 Å². The summed E-state index contributed by atoms with van der Waals surface area (Å²) in [7, 11) is 0. The normalized spacial score (nSPS) is 21.5. The molecule has 2 N–H and O–H groups in total. The van der Waals surface area contributed by atoms with Gasteiger partial charge in [0.25, 0.3) is 0 Å². The standard InChI is InChI=1S/C15H19NO5/c17-14(18)9-12-6-7-20-13(8-12)16-15(19)21-10-11-4-2-1-3-5-11/h1-5,12-13H,6-10H2,(H,16,19)(H,17,18)/t12?,13-/m0/s1. The van der Waals surface area contributed by atoms with Crippen LogP contribution in [0.3, 0.4) is 0 Å². The van der Waals surface area contributed by atoms with E-state index in [1.165, 1.54) is 0 Å². The highest BCUT2D eigenvalue weighted by molar-refractivity contribution is 5.68. The summed E-state index contributed by atoms with van der Waals surface area (Å²) >= 11 is 0. The molecule has 6 heteroatoms. The molecule has 1 aliphatic rings. The molecule has 2 rings (SSSR count). The van der Waals surface area contributed by atoms with Crippen LogP contribution in [0.5, 0.6) is 0 Å². The Morgan fingerprint density at radius 1 is 1.33 bits per heavy atom. The maximum atomic E-state index is 11.7. The van der Waals surface area contributed by atoms with E-state index in [9.17, 15) is 9.59 Å². The summed E-state index contributed by atoms with van der Waals surface area (Å²) in [5, 5.41) is 11.4. The van der Waals surface area contributed by atoms with Crippen molar-refractivity contribution in [3.05, 3.63) is 35.9 Å². The zero-order valence-electron chi connectivity index (χ0n) is 11.7. The fraction of sp³-hybridized carbons (Fsp3) is 0.467. The first-order valence-electron chi connectivity index (χ1n) is 6.94. The number of alkyl carbamates (subject to hydrolysis) is 1. The van der Waals surface area contributed by atoms with E-state index in [-0.39, 0.29) is 18.9 Å². The molecule has 1 fully saturated rings. The molecular weight excluding hydrogens is 274 g/mol. The smallest absolute Gasteiger partial charge is 0.409 e. The van der Waals surface area contributed by atoms with Crippen LogP contribution < -0.4 is 5.32 Å². The molecule has 6 nitrogen and oxygen atoms in total. The molecule has 0 bridgehead atoms. The Balaban J connectivity index is 1.73. The fourth-order valence-electron chi connectivity index (χ4n) is 2.29. The van der Waals surface area contributed by atoms with Crippen molar-refractivity contribution < 1.29 is 24.2 Å². The minimum absolute atomic E-state index is 0.0238. The van der Waals surface area contributed by atoms with E-state index in [0.29, 0.717) is 19.4 Å². The van der Waals surface area contributed by atoms with E-state index >= 15 is 0 Å². The molecule has 1 amide bonds. The molecule has 1 aliphatic heterocycles. The SMILES string of the molecule is O=C(O)CC1CCO[C@H](NC(=O)OCc2ccccc2)C1. The second kappa shape index (κ2) is 7.64. The van der Waals surface area contributed by atoms with Crippen molar-refractivity contribution in [1.82, 2.24) is 5.32 Å².